The number of nitrogens with zero attached hydrogens (tertiary/aromatic N) is 1. The summed E-state index contributed by atoms with van der Waals surface area (Å²) in [5.74, 6) is -3.87. The Labute approximate surface area is 200 Å². The van der Waals surface area contributed by atoms with Crippen molar-refractivity contribution in [2.75, 3.05) is 13.2 Å². The maximum absolute atomic E-state index is 12.9. The zero-order valence-electron chi connectivity index (χ0n) is 20.4. The number of carbonyl (C=O) groups is 4. The molecule has 3 amide bonds. The summed E-state index contributed by atoms with van der Waals surface area (Å²) in [5, 5.41) is 26.3. The fourth-order valence-corrected chi connectivity index (χ4v) is 2.95. The number of rotatable bonds is 16. The first-order chi connectivity index (χ1) is 15.9. The number of hydrogen-bond donors (Lipinski definition) is 8. The van der Waals surface area contributed by atoms with Gasteiger partial charge in [0, 0.05) is 6.54 Å². The molecule has 0 aromatic carbocycles. The van der Waals surface area contributed by atoms with E-state index in [-0.39, 0.29) is 37.2 Å². The van der Waals surface area contributed by atoms with Crippen LogP contribution in [0.5, 0.6) is 0 Å². The number of guanidine groups is 1. The molecule has 0 saturated carbocycles. The van der Waals surface area contributed by atoms with E-state index in [0.717, 1.165) is 0 Å². The Morgan fingerprint density at radius 3 is 1.91 bits per heavy atom. The first kappa shape index (κ1) is 31.1. The zero-order chi connectivity index (χ0) is 26.4. The predicted molar refractivity (Wildman–Crippen MR) is 127 cm³/mol. The minimum absolute atomic E-state index is 0.0308. The van der Waals surface area contributed by atoms with E-state index >= 15 is 0 Å². The molecular formula is C21H41N7O6. The number of aliphatic carboxylic acids is 1. The predicted octanol–water partition coefficient (Wildman–Crippen LogP) is -2.01. The van der Waals surface area contributed by atoms with E-state index in [1.54, 1.807) is 6.92 Å². The van der Waals surface area contributed by atoms with Crippen molar-refractivity contribution in [2.24, 2.45) is 34.0 Å². The highest BCUT2D eigenvalue weighted by Gasteiger charge is 2.32. The van der Waals surface area contributed by atoms with Gasteiger partial charge in [0.15, 0.2) is 5.96 Å². The largest absolute Gasteiger partial charge is 0.480 e. The molecular weight excluding hydrogens is 446 g/mol. The second-order valence-corrected chi connectivity index (χ2v) is 8.38. The van der Waals surface area contributed by atoms with Crippen LogP contribution in [0.3, 0.4) is 0 Å². The Morgan fingerprint density at radius 1 is 0.882 bits per heavy atom. The third-order valence-corrected chi connectivity index (χ3v) is 5.73. The molecule has 6 unspecified atom stereocenters. The van der Waals surface area contributed by atoms with Gasteiger partial charge in [0.2, 0.25) is 17.7 Å². The van der Waals surface area contributed by atoms with Crippen LogP contribution in [-0.4, -0.2) is 77.2 Å². The van der Waals surface area contributed by atoms with E-state index < -0.39 is 54.5 Å². The number of aliphatic hydroxyl groups excluding tert-OH is 1. The van der Waals surface area contributed by atoms with E-state index in [1.165, 1.54) is 0 Å². The highest BCUT2D eigenvalue weighted by Crippen LogP contribution is 2.11. The number of amides is 3. The lowest BCUT2D eigenvalue weighted by atomic mass is 9.95. The maximum atomic E-state index is 12.9. The molecule has 6 atom stereocenters. The minimum atomic E-state index is -1.42. The van der Waals surface area contributed by atoms with Crippen molar-refractivity contribution < 1.29 is 29.4 Å². The van der Waals surface area contributed by atoms with Crippen LogP contribution in [0.25, 0.3) is 0 Å². The third-order valence-electron chi connectivity index (χ3n) is 5.73. The van der Waals surface area contributed by atoms with Crippen LogP contribution >= 0.6 is 0 Å². The topological polar surface area (TPSA) is 235 Å². The lowest BCUT2D eigenvalue weighted by molar-refractivity contribution is -0.143. The molecule has 0 saturated heterocycles. The molecule has 13 heteroatoms. The Bertz CT molecular complexity index is 714. The van der Waals surface area contributed by atoms with Crippen molar-refractivity contribution in [1.82, 2.24) is 16.0 Å². The summed E-state index contributed by atoms with van der Waals surface area (Å²) in [6.07, 6.45) is 1.54. The van der Waals surface area contributed by atoms with Crippen LogP contribution in [0.1, 0.15) is 53.4 Å². The van der Waals surface area contributed by atoms with E-state index in [1.807, 2.05) is 20.8 Å². The quantitative estimate of drug-likeness (QED) is 0.0681. The van der Waals surface area contributed by atoms with Crippen molar-refractivity contribution in [3.05, 3.63) is 0 Å². The first-order valence-electron chi connectivity index (χ1n) is 11.4. The molecule has 0 spiro atoms. The van der Waals surface area contributed by atoms with E-state index in [0.29, 0.717) is 12.8 Å². The summed E-state index contributed by atoms with van der Waals surface area (Å²) in [6.45, 7) is 6.71. The van der Waals surface area contributed by atoms with Crippen molar-refractivity contribution >= 4 is 29.7 Å². The van der Waals surface area contributed by atoms with Crippen molar-refractivity contribution in [1.29, 1.82) is 0 Å². The fraction of sp³-hybridized carbons (Fsp3) is 0.762. The number of nitrogens with two attached hydrogens (primary N) is 3. The highest BCUT2D eigenvalue weighted by molar-refractivity contribution is 5.94. The number of carbonyl (C=O) groups excluding carboxylic acids is 3. The summed E-state index contributed by atoms with van der Waals surface area (Å²) >= 11 is 0. The molecule has 196 valence electrons. The van der Waals surface area contributed by atoms with Gasteiger partial charge in [-0.15, -0.1) is 0 Å². The summed E-state index contributed by atoms with van der Waals surface area (Å²) in [5.41, 5.74) is 16.4. The van der Waals surface area contributed by atoms with Gasteiger partial charge in [-0.3, -0.25) is 19.4 Å². The molecule has 0 aliphatic heterocycles. The van der Waals surface area contributed by atoms with Gasteiger partial charge in [-0.1, -0.05) is 40.5 Å². The van der Waals surface area contributed by atoms with Crippen molar-refractivity contribution in [3.8, 4) is 0 Å². The van der Waals surface area contributed by atoms with Crippen molar-refractivity contribution in [3.63, 3.8) is 0 Å². The van der Waals surface area contributed by atoms with Gasteiger partial charge in [0.05, 0.1) is 12.6 Å². The molecule has 0 heterocycles. The van der Waals surface area contributed by atoms with Crippen LogP contribution in [0.2, 0.25) is 0 Å². The highest BCUT2D eigenvalue weighted by atomic mass is 16.4. The molecule has 0 fully saturated rings. The summed E-state index contributed by atoms with van der Waals surface area (Å²) in [4.78, 5) is 53.2. The molecule has 0 rings (SSSR count). The SMILES string of the molecule is CCC(C)C(N)C(=O)NC(C(=O)NC(CO)C(=O)NC(CCCN=C(N)N)C(=O)O)C(C)CC. The summed E-state index contributed by atoms with van der Waals surface area (Å²) in [7, 11) is 0. The monoisotopic (exact) mass is 487 g/mol. The molecule has 0 radical (unpaired) electrons. The van der Waals surface area contributed by atoms with Gasteiger partial charge in [-0.25, -0.2) is 4.79 Å². The van der Waals surface area contributed by atoms with E-state index in [2.05, 4.69) is 20.9 Å². The number of nitrogens with one attached hydrogen (secondary N) is 3. The zero-order valence-corrected chi connectivity index (χ0v) is 20.4. The molecule has 0 aromatic rings. The van der Waals surface area contributed by atoms with Gasteiger partial charge in [0.25, 0.3) is 0 Å². The smallest absolute Gasteiger partial charge is 0.326 e. The fourth-order valence-electron chi connectivity index (χ4n) is 2.95. The number of carboxylic acids is 1. The lowest BCUT2D eigenvalue weighted by Gasteiger charge is -2.28. The number of carboxylic acid groups (broad SMARTS) is 1. The van der Waals surface area contributed by atoms with Gasteiger partial charge in [-0.2, -0.15) is 0 Å². The van der Waals surface area contributed by atoms with Gasteiger partial charge in [-0.05, 0) is 24.7 Å². The van der Waals surface area contributed by atoms with Crippen LogP contribution in [-0.2, 0) is 19.2 Å². The normalized spacial score (nSPS) is 16.2. The first-order valence-corrected chi connectivity index (χ1v) is 11.4. The average molecular weight is 488 g/mol. The van der Waals surface area contributed by atoms with Gasteiger partial charge in [0.1, 0.15) is 18.1 Å². The molecule has 0 bridgehead atoms. The molecule has 34 heavy (non-hydrogen) atoms. The second-order valence-electron chi connectivity index (χ2n) is 8.38. The standard InChI is InChI=1S/C21H41N7O6/c1-5-11(3)15(22)18(31)28-16(12(4)6-2)19(32)27-14(10-29)17(30)26-13(20(33)34)8-7-9-25-21(23)24/h11-16,29H,5-10,22H2,1-4H3,(H,26,30)(H,27,32)(H,28,31)(H,33,34)(H4,23,24,25). The molecule has 0 aliphatic carbocycles. The molecule has 13 nitrogen and oxygen atoms in total. The summed E-state index contributed by atoms with van der Waals surface area (Å²) in [6, 6.07) is -4.49. The minimum Gasteiger partial charge on any atom is -0.480 e. The van der Waals surface area contributed by atoms with E-state index in [4.69, 9.17) is 17.2 Å². The molecule has 0 aliphatic rings. The Morgan fingerprint density at radius 2 is 1.44 bits per heavy atom. The Balaban J connectivity index is 5.27. The van der Waals surface area contributed by atoms with Gasteiger partial charge < -0.3 is 43.4 Å². The van der Waals surface area contributed by atoms with Gasteiger partial charge >= 0.3 is 5.97 Å². The van der Waals surface area contributed by atoms with Crippen LogP contribution in [0.4, 0.5) is 0 Å². The van der Waals surface area contributed by atoms with E-state index in [9.17, 15) is 29.4 Å². The third kappa shape index (κ3) is 10.8. The Kier molecular flexibility index (Phi) is 14.5. The lowest BCUT2D eigenvalue weighted by Crippen LogP contribution is -2.59. The molecule has 0 aromatic heterocycles. The number of aliphatic hydroxyl groups is 1. The second kappa shape index (κ2) is 15.8. The molecule has 11 N–H and O–H groups in total. The van der Waals surface area contributed by atoms with Crippen molar-refractivity contribution in [2.45, 2.75) is 77.5 Å². The average Bonchev–Trinajstić information content (AvgIpc) is 2.80. The number of aliphatic imine (C=N–C) groups is 1. The van der Waals surface area contributed by atoms with Crippen LogP contribution in [0, 0.1) is 11.8 Å². The number of hydrogen-bond acceptors (Lipinski definition) is 7. The van der Waals surface area contributed by atoms with Crippen LogP contribution in [0.15, 0.2) is 4.99 Å². The maximum Gasteiger partial charge on any atom is 0.326 e. The Hall–Kier alpha value is -2.93. The summed E-state index contributed by atoms with van der Waals surface area (Å²) < 4.78 is 0. The van der Waals surface area contributed by atoms with Crippen LogP contribution < -0.4 is 33.2 Å².